The van der Waals surface area contributed by atoms with Crippen molar-refractivity contribution in [2.75, 3.05) is 11.9 Å². The molecule has 1 saturated heterocycles. The maximum absolute atomic E-state index is 12.5. The maximum Gasteiger partial charge on any atom is 0.266 e. The number of amides is 2. The normalized spacial score (nSPS) is 15.6. The molecule has 0 atom stereocenters. The first kappa shape index (κ1) is 18.4. The molecule has 26 heavy (non-hydrogen) atoms. The van der Waals surface area contributed by atoms with Crippen LogP contribution in [0, 0.1) is 6.92 Å². The highest BCUT2D eigenvalue weighted by Gasteiger charge is 2.32. The molecular formula is C20H18N2O2S2. The minimum Gasteiger partial charge on any atom is -0.326 e. The zero-order valence-electron chi connectivity index (χ0n) is 14.3. The number of carbonyl (C=O) groups excluding carboxylic acids is 2. The number of aryl methyl sites for hydroxylation is 1. The molecule has 1 heterocycles. The number of benzene rings is 2. The van der Waals surface area contributed by atoms with Gasteiger partial charge in [0.1, 0.15) is 4.32 Å². The molecule has 2 amide bonds. The standard InChI is InChI=1S/C20H18N2O2S2/c1-14-7-9-16(10-8-14)21-18(23)11-12-22-19(24)17(26-20(22)25)13-15-5-3-2-4-6-15/h2-10,13H,11-12H2,1H3,(H,21,23)/b17-13-. The number of rotatable bonds is 5. The van der Waals surface area contributed by atoms with Crippen LogP contribution in [0.3, 0.4) is 0 Å². The lowest BCUT2D eigenvalue weighted by molar-refractivity contribution is -0.122. The first-order valence-corrected chi connectivity index (χ1v) is 9.42. The quantitative estimate of drug-likeness (QED) is 0.621. The monoisotopic (exact) mass is 382 g/mol. The summed E-state index contributed by atoms with van der Waals surface area (Å²) in [5.41, 5.74) is 2.82. The van der Waals surface area contributed by atoms with Crippen LogP contribution in [-0.4, -0.2) is 27.6 Å². The second-order valence-corrected chi connectivity index (χ2v) is 7.58. The van der Waals surface area contributed by atoms with Crippen molar-refractivity contribution >= 4 is 51.9 Å². The Bertz CT molecular complexity index is 861. The van der Waals surface area contributed by atoms with Gasteiger partial charge in [0.05, 0.1) is 4.91 Å². The molecule has 0 spiro atoms. The first-order valence-electron chi connectivity index (χ1n) is 8.20. The van der Waals surface area contributed by atoms with E-state index in [-0.39, 0.29) is 24.8 Å². The van der Waals surface area contributed by atoms with Gasteiger partial charge in [-0.1, -0.05) is 72.0 Å². The van der Waals surface area contributed by atoms with Crippen LogP contribution in [0.25, 0.3) is 6.08 Å². The number of nitrogens with zero attached hydrogens (tertiary/aromatic N) is 1. The SMILES string of the molecule is Cc1ccc(NC(=O)CCN2C(=O)/C(=C/c3ccccc3)SC2=S)cc1. The Morgan fingerprint density at radius 3 is 2.54 bits per heavy atom. The summed E-state index contributed by atoms with van der Waals surface area (Å²) >= 11 is 6.57. The van der Waals surface area contributed by atoms with Crippen molar-refractivity contribution in [3.8, 4) is 0 Å². The smallest absolute Gasteiger partial charge is 0.266 e. The Labute approximate surface area is 162 Å². The number of nitrogens with one attached hydrogen (secondary N) is 1. The number of anilines is 1. The second kappa shape index (κ2) is 8.29. The van der Waals surface area contributed by atoms with Gasteiger partial charge in [-0.15, -0.1) is 0 Å². The van der Waals surface area contributed by atoms with Crippen LogP contribution in [-0.2, 0) is 9.59 Å². The van der Waals surface area contributed by atoms with Gasteiger partial charge in [-0.2, -0.15) is 0 Å². The molecule has 0 bridgehead atoms. The van der Waals surface area contributed by atoms with Crippen LogP contribution in [0.15, 0.2) is 59.5 Å². The lowest BCUT2D eigenvalue weighted by atomic mass is 10.2. The van der Waals surface area contributed by atoms with Gasteiger partial charge < -0.3 is 5.32 Å². The van der Waals surface area contributed by atoms with E-state index in [9.17, 15) is 9.59 Å². The summed E-state index contributed by atoms with van der Waals surface area (Å²) in [7, 11) is 0. The fraction of sp³-hybridized carbons (Fsp3) is 0.150. The summed E-state index contributed by atoms with van der Waals surface area (Å²) in [6.45, 7) is 2.26. The minimum atomic E-state index is -0.146. The van der Waals surface area contributed by atoms with Gasteiger partial charge in [0, 0.05) is 18.7 Å². The van der Waals surface area contributed by atoms with Gasteiger partial charge in [-0.25, -0.2) is 0 Å². The lowest BCUT2D eigenvalue weighted by Crippen LogP contribution is -2.31. The average molecular weight is 383 g/mol. The van der Waals surface area contributed by atoms with Gasteiger partial charge in [0.2, 0.25) is 5.91 Å². The number of hydrogen-bond acceptors (Lipinski definition) is 4. The molecular weight excluding hydrogens is 364 g/mol. The van der Waals surface area contributed by atoms with E-state index in [1.165, 1.54) is 16.7 Å². The van der Waals surface area contributed by atoms with E-state index in [4.69, 9.17) is 12.2 Å². The summed E-state index contributed by atoms with van der Waals surface area (Å²) in [6, 6.07) is 17.2. The fourth-order valence-corrected chi connectivity index (χ4v) is 3.78. The predicted octanol–water partition coefficient (Wildman–Crippen LogP) is 4.23. The van der Waals surface area contributed by atoms with E-state index in [1.807, 2.05) is 67.6 Å². The van der Waals surface area contributed by atoms with Crippen LogP contribution in [0.1, 0.15) is 17.5 Å². The Hall–Kier alpha value is -2.44. The van der Waals surface area contributed by atoms with Crippen LogP contribution in [0.2, 0.25) is 0 Å². The molecule has 1 aliphatic rings. The van der Waals surface area contributed by atoms with Crippen molar-refractivity contribution in [3.63, 3.8) is 0 Å². The van der Waals surface area contributed by atoms with Crippen LogP contribution in [0.4, 0.5) is 5.69 Å². The zero-order valence-corrected chi connectivity index (χ0v) is 15.9. The number of thioether (sulfide) groups is 1. The molecule has 0 unspecified atom stereocenters. The molecule has 1 fully saturated rings. The Balaban J connectivity index is 1.58. The van der Waals surface area contributed by atoms with Gasteiger partial charge in [-0.05, 0) is 30.7 Å². The van der Waals surface area contributed by atoms with E-state index in [1.54, 1.807) is 0 Å². The van der Waals surface area contributed by atoms with Gasteiger partial charge in [0.15, 0.2) is 0 Å². The van der Waals surface area contributed by atoms with Gasteiger partial charge in [-0.3, -0.25) is 14.5 Å². The Morgan fingerprint density at radius 1 is 1.15 bits per heavy atom. The third kappa shape index (κ3) is 4.59. The summed E-state index contributed by atoms with van der Waals surface area (Å²) in [6.07, 6.45) is 2.02. The third-order valence-electron chi connectivity index (χ3n) is 3.87. The molecule has 132 valence electrons. The largest absolute Gasteiger partial charge is 0.326 e. The van der Waals surface area contributed by atoms with E-state index in [0.29, 0.717) is 9.23 Å². The molecule has 2 aromatic carbocycles. The average Bonchev–Trinajstić information content (AvgIpc) is 2.89. The lowest BCUT2D eigenvalue weighted by Gasteiger charge is -2.14. The molecule has 1 aliphatic heterocycles. The molecule has 0 aromatic heterocycles. The van der Waals surface area contributed by atoms with Crippen LogP contribution >= 0.6 is 24.0 Å². The van der Waals surface area contributed by atoms with Gasteiger partial charge >= 0.3 is 0 Å². The Kier molecular flexibility index (Phi) is 5.85. The second-order valence-electron chi connectivity index (χ2n) is 5.91. The number of hydrogen-bond donors (Lipinski definition) is 1. The summed E-state index contributed by atoms with van der Waals surface area (Å²) < 4.78 is 0.486. The van der Waals surface area contributed by atoms with Gasteiger partial charge in [0.25, 0.3) is 5.91 Å². The molecule has 0 radical (unpaired) electrons. The topological polar surface area (TPSA) is 49.4 Å². The first-order chi connectivity index (χ1) is 12.5. The van der Waals surface area contributed by atoms with E-state index >= 15 is 0 Å². The van der Waals surface area contributed by atoms with E-state index in [2.05, 4.69) is 5.32 Å². The molecule has 0 aliphatic carbocycles. The predicted molar refractivity (Wildman–Crippen MR) is 111 cm³/mol. The zero-order chi connectivity index (χ0) is 18.5. The molecule has 4 nitrogen and oxygen atoms in total. The van der Waals surface area contributed by atoms with Crippen LogP contribution < -0.4 is 5.32 Å². The van der Waals surface area contributed by atoms with Crippen molar-refractivity contribution in [2.24, 2.45) is 0 Å². The molecule has 2 aromatic rings. The molecule has 0 saturated carbocycles. The number of thiocarbonyl (C=S) groups is 1. The van der Waals surface area contributed by atoms with Crippen molar-refractivity contribution in [1.29, 1.82) is 0 Å². The highest BCUT2D eigenvalue weighted by Crippen LogP contribution is 2.32. The summed E-state index contributed by atoms with van der Waals surface area (Å²) in [5.74, 6) is -0.290. The number of carbonyl (C=O) groups is 2. The van der Waals surface area contributed by atoms with Crippen molar-refractivity contribution in [2.45, 2.75) is 13.3 Å². The fourth-order valence-electron chi connectivity index (χ4n) is 2.47. The molecule has 1 N–H and O–H groups in total. The highest BCUT2D eigenvalue weighted by atomic mass is 32.2. The Morgan fingerprint density at radius 2 is 1.85 bits per heavy atom. The van der Waals surface area contributed by atoms with Crippen molar-refractivity contribution in [1.82, 2.24) is 4.90 Å². The van der Waals surface area contributed by atoms with Crippen molar-refractivity contribution in [3.05, 3.63) is 70.6 Å². The maximum atomic E-state index is 12.5. The summed E-state index contributed by atoms with van der Waals surface area (Å²) in [5, 5.41) is 2.83. The minimum absolute atomic E-state index is 0.144. The van der Waals surface area contributed by atoms with E-state index in [0.717, 1.165) is 16.8 Å². The van der Waals surface area contributed by atoms with Crippen molar-refractivity contribution < 1.29 is 9.59 Å². The third-order valence-corrected chi connectivity index (χ3v) is 5.25. The highest BCUT2D eigenvalue weighted by molar-refractivity contribution is 8.26. The molecule has 6 heteroatoms. The summed E-state index contributed by atoms with van der Waals surface area (Å²) in [4.78, 5) is 26.7. The molecule has 3 rings (SSSR count). The van der Waals surface area contributed by atoms with Crippen LogP contribution in [0.5, 0.6) is 0 Å². The van der Waals surface area contributed by atoms with E-state index < -0.39 is 0 Å².